The standard InChI is InChI=1S/C14H15N3O2S/c1-8-13(20-10(3)15-8)14(19)17-12-6-4-11(5-7-12)16-9(2)18/h4-7H,1-3H3,(H,16,18)(H,17,19). The molecule has 0 fully saturated rings. The maximum Gasteiger partial charge on any atom is 0.267 e. The Morgan fingerprint density at radius 2 is 1.60 bits per heavy atom. The van der Waals surface area contributed by atoms with Gasteiger partial charge in [-0.2, -0.15) is 0 Å². The summed E-state index contributed by atoms with van der Waals surface area (Å²) in [4.78, 5) is 27.9. The van der Waals surface area contributed by atoms with Crippen molar-refractivity contribution in [3.63, 3.8) is 0 Å². The predicted octanol–water partition coefficient (Wildman–Crippen LogP) is 2.97. The van der Waals surface area contributed by atoms with Crippen LogP contribution in [-0.4, -0.2) is 16.8 Å². The van der Waals surface area contributed by atoms with Crippen LogP contribution in [0.3, 0.4) is 0 Å². The fourth-order valence-electron chi connectivity index (χ4n) is 1.77. The van der Waals surface area contributed by atoms with Crippen molar-refractivity contribution < 1.29 is 9.59 Å². The lowest BCUT2D eigenvalue weighted by Gasteiger charge is -2.06. The van der Waals surface area contributed by atoms with E-state index in [-0.39, 0.29) is 11.8 Å². The van der Waals surface area contributed by atoms with Gasteiger partial charge in [0.15, 0.2) is 0 Å². The first-order valence-electron chi connectivity index (χ1n) is 6.09. The van der Waals surface area contributed by atoms with Gasteiger partial charge in [-0.15, -0.1) is 11.3 Å². The third kappa shape index (κ3) is 3.42. The number of hydrogen-bond donors (Lipinski definition) is 2. The van der Waals surface area contributed by atoms with Crippen molar-refractivity contribution in [1.29, 1.82) is 0 Å². The predicted molar refractivity (Wildman–Crippen MR) is 80.3 cm³/mol. The first-order chi connectivity index (χ1) is 9.45. The summed E-state index contributed by atoms with van der Waals surface area (Å²) in [5, 5.41) is 6.35. The third-order valence-corrected chi connectivity index (χ3v) is 3.64. The summed E-state index contributed by atoms with van der Waals surface area (Å²) >= 11 is 1.37. The fraction of sp³-hybridized carbons (Fsp3) is 0.214. The average Bonchev–Trinajstić information content (AvgIpc) is 2.70. The van der Waals surface area contributed by atoms with Crippen LogP contribution in [0.4, 0.5) is 11.4 Å². The molecule has 1 heterocycles. The molecular weight excluding hydrogens is 274 g/mol. The van der Waals surface area contributed by atoms with E-state index in [1.54, 1.807) is 24.3 Å². The fourth-order valence-corrected chi connectivity index (χ4v) is 2.59. The van der Waals surface area contributed by atoms with E-state index in [1.165, 1.54) is 18.3 Å². The summed E-state index contributed by atoms with van der Waals surface area (Å²) < 4.78 is 0. The van der Waals surface area contributed by atoms with Gasteiger partial charge < -0.3 is 10.6 Å². The smallest absolute Gasteiger partial charge is 0.267 e. The molecule has 0 unspecified atom stereocenters. The molecule has 1 aromatic carbocycles. The van der Waals surface area contributed by atoms with Crippen molar-refractivity contribution in [2.24, 2.45) is 0 Å². The van der Waals surface area contributed by atoms with Crippen LogP contribution in [0, 0.1) is 13.8 Å². The second-order valence-corrected chi connectivity index (χ2v) is 5.56. The molecule has 2 aromatic rings. The van der Waals surface area contributed by atoms with Gasteiger partial charge in [-0.3, -0.25) is 9.59 Å². The third-order valence-electron chi connectivity index (χ3n) is 2.57. The molecule has 0 aliphatic rings. The van der Waals surface area contributed by atoms with Gasteiger partial charge >= 0.3 is 0 Å². The van der Waals surface area contributed by atoms with Crippen LogP contribution in [-0.2, 0) is 4.79 Å². The Labute approximate surface area is 121 Å². The molecule has 0 atom stereocenters. The SMILES string of the molecule is CC(=O)Nc1ccc(NC(=O)c2sc(C)nc2C)cc1. The van der Waals surface area contributed by atoms with E-state index in [9.17, 15) is 9.59 Å². The number of benzene rings is 1. The number of rotatable bonds is 3. The Hall–Kier alpha value is -2.21. The van der Waals surface area contributed by atoms with Crippen molar-refractivity contribution in [2.45, 2.75) is 20.8 Å². The molecule has 0 spiro atoms. The van der Waals surface area contributed by atoms with E-state index in [4.69, 9.17) is 0 Å². The highest BCUT2D eigenvalue weighted by Crippen LogP contribution is 2.20. The minimum Gasteiger partial charge on any atom is -0.326 e. The summed E-state index contributed by atoms with van der Waals surface area (Å²) in [6.45, 7) is 5.14. The zero-order valence-electron chi connectivity index (χ0n) is 11.5. The lowest BCUT2D eigenvalue weighted by Crippen LogP contribution is -2.11. The maximum absolute atomic E-state index is 12.1. The Morgan fingerprint density at radius 1 is 1.05 bits per heavy atom. The van der Waals surface area contributed by atoms with E-state index >= 15 is 0 Å². The first kappa shape index (κ1) is 14.2. The minimum absolute atomic E-state index is 0.127. The van der Waals surface area contributed by atoms with Gasteiger partial charge in [0.2, 0.25) is 5.91 Å². The summed E-state index contributed by atoms with van der Waals surface area (Å²) in [7, 11) is 0. The normalized spacial score (nSPS) is 10.2. The van der Waals surface area contributed by atoms with Crippen LogP contribution in [0.5, 0.6) is 0 Å². The van der Waals surface area contributed by atoms with Gasteiger partial charge in [-0.1, -0.05) is 0 Å². The molecule has 2 N–H and O–H groups in total. The molecule has 0 aliphatic carbocycles. The van der Waals surface area contributed by atoms with E-state index in [2.05, 4.69) is 15.6 Å². The highest BCUT2D eigenvalue weighted by Gasteiger charge is 2.13. The van der Waals surface area contributed by atoms with E-state index < -0.39 is 0 Å². The Kier molecular flexibility index (Phi) is 4.14. The van der Waals surface area contributed by atoms with Gasteiger partial charge in [0.25, 0.3) is 5.91 Å². The molecule has 0 aliphatic heterocycles. The molecule has 0 bridgehead atoms. The number of aryl methyl sites for hydroxylation is 2. The number of thiazole rings is 1. The van der Waals surface area contributed by atoms with Crippen LogP contribution in [0.15, 0.2) is 24.3 Å². The molecule has 104 valence electrons. The monoisotopic (exact) mass is 289 g/mol. The highest BCUT2D eigenvalue weighted by molar-refractivity contribution is 7.13. The molecule has 0 saturated heterocycles. The minimum atomic E-state index is -0.166. The van der Waals surface area contributed by atoms with Gasteiger partial charge in [0.05, 0.1) is 10.7 Å². The van der Waals surface area contributed by atoms with Crippen LogP contribution in [0.25, 0.3) is 0 Å². The molecule has 2 amide bonds. The van der Waals surface area contributed by atoms with Gasteiger partial charge in [-0.05, 0) is 38.1 Å². The summed E-state index contributed by atoms with van der Waals surface area (Å²) in [5.74, 6) is -0.294. The van der Waals surface area contributed by atoms with E-state index in [1.807, 2.05) is 13.8 Å². The quantitative estimate of drug-likeness (QED) is 0.912. The van der Waals surface area contributed by atoms with Gasteiger partial charge in [0.1, 0.15) is 4.88 Å². The van der Waals surface area contributed by atoms with Gasteiger partial charge in [0, 0.05) is 18.3 Å². The van der Waals surface area contributed by atoms with Gasteiger partial charge in [-0.25, -0.2) is 4.98 Å². The summed E-state index contributed by atoms with van der Waals surface area (Å²) in [6, 6.07) is 6.96. The van der Waals surface area contributed by atoms with E-state index in [0.29, 0.717) is 16.3 Å². The zero-order valence-corrected chi connectivity index (χ0v) is 12.3. The molecule has 1 aromatic heterocycles. The second kappa shape index (κ2) is 5.83. The topological polar surface area (TPSA) is 71.1 Å². The van der Waals surface area contributed by atoms with Crippen molar-refractivity contribution >= 4 is 34.5 Å². The molecule has 6 heteroatoms. The molecular formula is C14H15N3O2S. The number of amides is 2. The van der Waals surface area contributed by atoms with Crippen LogP contribution >= 0.6 is 11.3 Å². The Bertz CT molecular complexity index is 647. The van der Waals surface area contributed by atoms with Crippen LogP contribution in [0.1, 0.15) is 27.3 Å². The summed E-state index contributed by atoms with van der Waals surface area (Å²) in [5.41, 5.74) is 2.11. The molecule has 0 saturated carbocycles. The summed E-state index contributed by atoms with van der Waals surface area (Å²) in [6.07, 6.45) is 0. The molecule has 5 nitrogen and oxygen atoms in total. The second-order valence-electron chi connectivity index (χ2n) is 4.36. The lowest BCUT2D eigenvalue weighted by molar-refractivity contribution is -0.114. The van der Waals surface area contributed by atoms with Crippen molar-refractivity contribution in [3.05, 3.63) is 39.8 Å². The number of hydrogen-bond acceptors (Lipinski definition) is 4. The van der Waals surface area contributed by atoms with Crippen molar-refractivity contribution in [1.82, 2.24) is 4.98 Å². The highest BCUT2D eigenvalue weighted by atomic mass is 32.1. The number of carbonyl (C=O) groups is 2. The van der Waals surface area contributed by atoms with Crippen molar-refractivity contribution in [2.75, 3.05) is 10.6 Å². The zero-order chi connectivity index (χ0) is 14.7. The van der Waals surface area contributed by atoms with Crippen molar-refractivity contribution in [3.8, 4) is 0 Å². The number of anilines is 2. The van der Waals surface area contributed by atoms with Crippen LogP contribution in [0.2, 0.25) is 0 Å². The Morgan fingerprint density at radius 3 is 2.05 bits per heavy atom. The average molecular weight is 289 g/mol. The molecule has 2 rings (SSSR count). The largest absolute Gasteiger partial charge is 0.326 e. The molecule has 0 radical (unpaired) electrons. The van der Waals surface area contributed by atoms with Crippen LogP contribution < -0.4 is 10.6 Å². The number of aromatic nitrogens is 1. The number of carbonyl (C=O) groups excluding carboxylic acids is 2. The first-order valence-corrected chi connectivity index (χ1v) is 6.90. The number of nitrogens with one attached hydrogen (secondary N) is 2. The Balaban J connectivity index is 2.08. The van der Waals surface area contributed by atoms with E-state index in [0.717, 1.165) is 10.7 Å². The lowest BCUT2D eigenvalue weighted by atomic mass is 10.2. The molecule has 20 heavy (non-hydrogen) atoms. The maximum atomic E-state index is 12.1. The number of nitrogens with zero attached hydrogens (tertiary/aromatic N) is 1.